The molecule has 152 valence electrons. The number of aryl methyl sites for hydroxylation is 1. The predicted octanol–water partition coefficient (Wildman–Crippen LogP) is 6.30. The fraction of sp³-hybridized carbons (Fsp3) is 0.458. The second kappa shape index (κ2) is 11.2. The normalized spacial score (nSPS) is 12.4. The fourth-order valence-corrected chi connectivity index (χ4v) is 4.15. The number of benzene rings is 2. The van der Waals surface area contributed by atoms with Gasteiger partial charge in [0.2, 0.25) is 0 Å². The second-order valence-electron chi connectivity index (χ2n) is 7.94. The number of carbonyl (C=O) groups is 1. The highest BCUT2D eigenvalue weighted by Crippen LogP contribution is 2.31. The van der Waals surface area contributed by atoms with Gasteiger partial charge >= 0.3 is 5.97 Å². The van der Waals surface area contributed by atoms with Crippen molar-refractivity contribution in [3.8, 4) is 5.75 Å². The van der Waals surface area contributed by atoms with Gasteiger partial charge in [-0.1, -0.05) is 36.8 Å². The molecule has 2 aromatic carbocycles. The van der Waals surface area contributed by atoms with Crippen LogP contribution < -0.4 is 4.74 Å². The summed E-state index contributed by atoms with van der Waals surface area (Å²) in [4.78, 5) is 13.5. The van der Waals surface area contributed by atoms with E-state index < -0.39 is 5.60 Å². The molecule has 2 rings (SSSR count). The van der Waals surface area contributed by atoms with Crippen molar-refractivity contribution < 1.29 is 14.3 Å². The lowest BCUT2D eigenvalue weighted by atomic mass is 10.1. The number of hydrogen-bond donors (Lipinski definition) is 0. The minimum absolute atomic E-state index is 0.124. The molecule has 0 radical (unpaired) electrons. The lowest BCUT2D eigenvalue weighted by molar-refractivity contribution is -0.154. The second-order valence-corrected chi connectivity index (χ2v) is 9.31. The van der Waals surface area contributed by atoms with Crippen molar-refractivity contribution in [2.45, 2.75) is 68.6 Å². The largest absolute Gasteiger partial charge is 0.497 e. The van der Waals surface area contributed by atoms with Crippen LogP contribution in [0, 0.1) is 0 Å². The molecule has 0 aliphatic carbocycles. The van der Waals surface area contributed by atoms with Crippen LogP contribution in [0.15, 0.2) is 59.5 Å². The number of esters is 1. The molecule has 4 heteroatoms. The summed E-state index contributed by atoms with van der Waals surface area (Å²) in [5.41, 5.74) is 0.925. The van der Waals surface area contributed by atoms with E-state index in [0.29, 0.717) is 6.42 Å². The zero-order valence-electron chi connectivity index (χ0n) is 17.4. The van der Waals surface area contributed by atoms with E-state index in [4.69, 9.17) is 9.47 Å². The Morgan fingerprint density at radius 3 is 2.29 bits per heavy atom. The SMILES string of the molecule is COc1ccc(SC(CCCCc2ccccc2)CC(=O)OC(C)(C)C)cc1. The number of thioether (sulfide) groups is 1. The van der Waals surface area contributed by atoms with E-state index in [-0.39, 0.29) is 11.2 Å². The highest BCUT2D eigenvalue weighted by molar-refractivity contribution is 8.00. The first-order valence-corrected chi connectivity index (χ1v) is 10.8. The van der Waals surface area contributed by atoms with Crippen LogP contribution in [0.3, 0.4) is 0 Å². The van der Waals surface area contributed by atoms with E-state index in [9.17, 15) is 4.79 Å². The number of carbonyl (C=O) groups excluding carboxylic acids is 1. The first-order valence-electron chi connectivity index (χ1n) is 9.92. The van der Waals surface area contributed by atoms with E-state index in [1.807, 2.05) is 39.0 Å². The number of ether oxygens (including phenoxy) is 2. The minimum Gasteiger partial charge on any atom is -0.497 e. The van der Waals surface area contributed by atoms with E-state index in [1.54, 1.807) is 18.9 Å². The monoisotopic (exact) mass is 400 g/mol. The lowest BCUT2D eigenvalue weighted by Gasteiger charge is -2.22. The van der Waals surface area contributed by atoms with Crippen LogP contribution in [0.25, 0.3) is 0 Å². The Bertz CT molecular complexity index is 705. The summed E-state index contributed by atoms with van der Waals surface area (Å²) < 4.78 is 10.8. The molecule has 1 unspecified atom stereocenters. The van der Waals surface area contributed by atoms with Gasteiger partial charge in [-0.2, -0.15) is 0 Å². The van der Waals surface area contributed by atoms with Gasteiger partial charge in [0.25, 0.3) is 0 Å². The summed E-state index contributed by atoms with van der Waals surface area (Å²) in [6.07, 6.45) is 4.71. The molecule has 0 spiro atoms. The third-order valence-corrected chi connectivity index (χ3v) is 5.54. The van der Waals surface area contributed by atoms with Crippen LogP contribution in [0.1, 0.15) is 52.0 Å². The van der Waals surface area contributed by atoms with Gasteiger partial charge in [0.05, 0.1) is 13.5 Å². The van der Waals surface area contributed by atoms with E-state index in [2.05, 4.69) is 36.4 Å². The van der Waals surface area contributed by atoms with Gasteiger partial charge in [-0.3, -0.25) is 4.79 Å². The molecule has 0 heterocycles. The molecule has 0 bridgehead atoms. The van der Waals surface area contributed by atoms with Gasteiger partial charge in [-0.15, -0.1) is 11.8 Å². The summed E-state index contributed by atoms with van der Waals surface area (Å²) in [5.74, 6) is 0.720. The molecule has 0 saturated carbocycles. The third kappa shape index (κ3) is 8.83. The van der Waals surface area contributed by atoms with Gasteiger partial charge in [0.15, 0.2) is 0 Å². The molecule has 0 amide bonds. The standard InChI is InChI=1S/C24H32O3S/c1-24(2,3)27-23(25)18-22(28-21-16-14-20(26-4)15-17-21)13-9-8-12-19-10-6-5-7-11-19/h5-7,10-11,14-17,22H,8-9,12-13,18H2,1-4H3. The van der Waals surface area contributed by atoms with Gasteiger partial charge in [-0.05, 0) is 69.9 Å². The number of methoxy groups -OCH3 is 1. The van der Waals surface area contributed by atoms with Crippen LogP contribution in [-0.2, 0) is 16.0 Å². The van der Waals surface area contributed by atoms with Crippen molar-refractivity contribution in [2.24, 2.45) is 0 Å². The van der Waals surface area contributed by atoms with Crippen molar-refractivity contribution in [3.63, 3.8) is 0 Å². The molecule has 0 N–H and O–H groups in total. The summed E-state index contributed by atoms with van der Waals surface area (Å²) in [6.45, 7) is 5.74. The summed E-state index contributed by atoms with van der Waals surface area (Å²) in [7, 11) is 1.67. The third-order valence-electron chi connectivity index (χ3n) is 4.26. The average Bonchev–Trinajstić information content (AvgIpc) is 2.65. The van der Waals surface area contributed by atoms with Crippen LogP contribution in [0.5, 0.6) is 5.75 Å². The molecule has 28 heavy (non-hydrogen) atoms. The molecule has 0 aliphatic rings. The van der Waals surface area contributed by atoms with Crippen LogP contribution in [0.2, 0.25) is 0 Å². The Morgan fingerprint density at radius 2 is 1.68 bits per heavy atom. The van der Waals surface area contributed by atoms with Crippen LogP contribution in [-0.4, -0.2) is 23.9 Å². The van der Waals surface area contributed by atoms with Crippen molar-refractivity contribution in [1.82, 2.24) is 0 Å². The molecule has 0 aromatic heterocycles. The number of rotatable bonds is 10. The lowest BCUT2D eigenvalue weighted by Crippen LogP contribution is -2.25. The first kappa shape index (κ1) is 22.4. The molecule has 0 aliphatic heterocycles. The highest BCUT2D eigenvalue weighted by atomic mass is 32.2. The van der Waals surface area contributed by atoms with Gasteiger partial charge in [-0.25, -0.2) is 0 Å². The van der Waals surface area contributed by atoms with Crippen molar-refractivity contribution >= 4 is 17.7 Å². The average molecular weight is 401 g/mol. The fourth-order valence-electron chi connectivity index (χ4n) is 2.96. The van der Waals surface area contributed by atoms with Crippen molar-refractivity contribution in [1.29, 1.82) is 0 Å². The van der Waals surface area contributed by atoms with E-state index in [1.165, 1.54) is 5.56 Å². The Hall–Kier alpha value is -1.94. The number of unbranched alkanes of at least 4 members (excludes halogenated alkanes) is 1. The van der Waals surface area contributed by atoms with E-state index in [0.717, 1.165) is 36.3 Å². The van der Waals surface area contributed by atoms with Crippen molar-refractivity contribution in [2.75, 3.05) is 7.11 Å². The maximum atomic E-state index is 12.4. The van der Waals surface area contributed by atoms with E-state index >= 15 is 0 Å². The molecular weight excluding hydrogens is 368 g/mol. The Balaban J connectivity index is 1.91. The Morgan fingerprint density at radius 1 is 1.00 bits per heavy atom. The predicted molar refractivity (Wildman–Crippen MR) is 117 cm³/mol. The first-order chi connectivity index (χ1) is 13.4. The Labute approximate surface area is 173 Å². The smallest absolute Gasteiger partial charge is 0.307 e. The summed E-state index contributed by atoms with van der Waals surface area (Å²) in [5, 5.41) is 0.207. The molecule has 0 saturated heterocycles. The van der Waals surface area contributed by atoms with Crippen LogP contribution in [0.4, 0.5) is 0 Å². The zero-order chi connectivity index (χ0) is 20.4. The summed E-state index contributed by atoms with van der Waals surface area (Å²) in [6, 6.07) is 18.6. The van der Waals surface area contributed by atoms with Gasteiger partial charge in [0, 0.05) is 10.1 Å². The zero-order valence-corrected chi connectivity index (χ0v) is 18.3. The number of hydrogen-bond acceptors (Lipinski definition) is 4. The molecule has 3 nitrogen and oxygen atoms in total. The molecular formula is C24H32O3S. The highest BCUT2D eigenvalue weighted by Gasteiger charge is 2.21. The van der Waals surface area contributed by atoms with Gasteiger partial charge in [0.1, 0.15) is 11.4 Å². The van der Waals surface area contributed by atoms with Crippen LogP contribution >= 0.6 is 11.8 Å². The quantitative estimate of drug-likeness (QED) is 0.266. The minimum atomic E-state index is -0.445. The van der Waals surface area contributed by atoms with Gasteiger partial charge < -0.3 is 9.47 Å². The summed E-state index contributed by atoms with van der Waals surface area (Å²) >= 11 is 1.75. The maximum Gasteiger partial charge on any atom is 0.307 e. The molecule has 1 atom stereocenters. The van der Waals surface area contributed by atoms with Crippen molar-refractivity contribution in [3.05, 3.63) is 60.2 Å². The molecule has 0 fully saturated rings. The maximum absolute atomic E-state index is 12.4. The topological polar surface area (TPSA) is 35.5 Å². The molecule has 2 aromatic rings. The Kier molecular flexibility index (Phi) is 8.91.